The lowest BCUT2D eigenvalue weighted by atomic mass is 10.0. The molecule has 6 heteroatoms. The highest BCUT2D eigenvalue weighted by Gasteiger charge is 2.20. The second-order valence-electron chi connectivity index (χ2n) is 4.81. The lowest BCUT2D eigenvalue weighted by molar-refractivity contribution is 0.340. The summed E-state index contributed by atoms with van der Waals surface area (Å²) in [5.74, 6) is 1.16. The van der Waals surface area contributed by atoms with Crippen LogP contribution in [0.2, 0.25) is 5.02 Å². The molecule has 0 radical (unpaired) electrons. The Labute approximate surface area is 117 Å². The normalized spacial score (nSPS) is 14.3. The van der Waals surface area contributed by atoms with E-state index >= 15 is 0 Å². The van der Waals surface area contributed by atoms with Gasteiger partial charge in [-0.1, -0.05) is 31.9 Å². The van der Waals surface area contributed by atoms with Crippen LogP contribution in [0.5, 0.6) is 0 Å². The van der Waals surface area contributed by atoms with Crippen molar-refractivity contribution in [2.75, 3.05) is 5.73 Å². The molecule has 0 fully saturated rings. The smallest absolute Gasteiger partial charge is 0.183 e. The van der Waals surface area contributed by atoms with Crippen LogP contribution in [0.4, 0.5) is 5.69 Å². The number of nitrogens with two attached hydrogens (primary N) is 1. The van der Waals surface area contributed by atoms with Crippen molar-refractivity contribution in [1.82, 2.24) is 20.2 Å². The number of nitrogen functional groups attached to an aromatic ring is 1. The third-order valence-corrected chi connectivity index (χ3v) is 3.89. The molecule has 0 spiro atoms. The van der Waals surface area contributed by atoms with E-state index in [0.717, 1.165) is 12.0 Å². The standard InChI is InChI=1S/C13H18ClN5/c1-4-8(2)9(3)19-13(16-17-18-19)11-6-5-10(15)7-12(11)14/h5-9H,4,15H2,1-3H3. The van der Waals surface area contributed by atoms with Gasteiger partial charge in [0.25, 0.3) is 0 Å². The van der Waals surface area contributed by atoms with Crippen molar-refractivity contribution in [3.63, 3.8) is 0 Å². The highest BCUT2D eigenvalue weighted by atomic mass is 35.5. The lowest BCUT2D eigenvalue weighted by Gasteiger charge is -2.19. The van der Waals surface area contributed by atoms with Crippen LogP contribution >= 0.6 is 11.6 Å². The fourth-order valence-electron chi connectivity index (χ4n) is 1.94. The molecule has 1 aromatic heterocycles. The summed E-state index contributed by atoms with van der Waals surface area (Å²) in [7, 11) is 0. The Morgan fingerprint density at radius 1 is 1.37 bits per heavy atom. The van der Waals surface area contributed by atoms with E-state index in [4.69, 9.17) is 17.3 Å². The van der Waals surface area contributed by atoms with E-state index in [-0.39, 0.29) is 6.04 Å². The van der Waals surface area contributed by atoms with Crippen LogP contribution in [0.1, 0.15) is 33.2 Å². The third kappa shape index (κ3) is 2.71. The summed E-state index contributed by atoms with van der Waals surface area (Å²) in [5.41, 5.74) is 7.14. The van der Waals surface area contributed by atoms with Crippen LogP contribution in [-0.4, -0.2) is 20.2 Å². The van der Waals surface area contributed by atoms with Gasteiger partial charge in [-0.25, -0.2) is 4.68 Å². The van der Waals surface area contributed by atoms with Gasteiger partial charge in [0.2, 0.25) is 0 Å². The molecule has 2 atom stereocenters. The zero-order chi connectivity index (χ0) is 14.0. The Morgan fingerprint density at radius 2 is 2.11 bits per heavy atom. The molecule has 0 aliphatic heterocycles. The molecule has 5 nitrogen and oxygen atoms in total. The van der Waals surface area contributed by atoms with E-state index in [1.807, 2.05) is 10.7 Å². The molecular weight excluding hydrogens is 262 g/mol. The molecular formula is C13H18ClN5. The molecule has 0 aliphatic carbocycles. The maximum absolute atomic E-state index is 6.22. The summed E-state index contributed by atoms with van der Waals surface area (Å²) in [6.07, 6.45) is 1.07. The van der Waals surface area contributed by atoms with E-state index in [2.05, 4.69) is 36.3 Å². The summed E-state index contributed by atoms with van der Waals surface area (Å²) in [6, 6.07) is 5.57. The number of hydrogen-bond donors (Lipinski definition) is 1. The van der Waals surface area contributed by atoms with Gasteiger partial charge in [0.15, 0.2) is 5.82 Å². The van der Waals surface area contributed by atoms with Crippen LogP contribution in [-0.2, 0) is 0 Å². The Morgan fingerprint density at radius 3 is 2.74 bits per heavy atom. The van der Waals surface area contributed by atoms with Crippen LogP contribution in [0.15, 0.2) is 18.2 Å². The fourth-order valence-corrected chi connectivity index (χ4v) is 2.21. The van der Waals surface area contributed by atoms with Crippen molar-refractivity contribution in [3.8, 4) is 11.4 Å². The number of hydrogen-bond acceptors (Lipinski definition) is 4. The summed E-state index contributed by atoms with van der Waals surface area (Å²) in [5, 5.41) is 12.5. The van der Waals surface area contributed by atoms with Gasteiger partial charge in [0.05, 0.1) is 11.1 Å². The van der Waals surface area contributed by atoms with Crippen molar-refractivity contribution in [2.45, 2.75) is 33.2 Å². The maximum atomic E-state index is 6.22. The topological polar surface area (TPSA) is 69.6 Å². The predicted octanol–water partition coefficient (Wildman–Crippen LogP) is 3.18. The van der Waals surface area contributed by atoms with Gasteiger partial charge >= 0.3 is 0 Å². The van der Waals surface area contributed by atoms with E-state index in [1.54, 1.807) is 12.1 Å². The van der Waals surface area contributed by atoms with Gasteiger partial charge in [0.1, 0.15) is 0 Å². The molecule has 0 bridgehead atoms. The van der Waals surface area contributed by atoms with Gasteiger partial charge in [0, 0.05) is 11.3 Å². The SMILES string of the molecule is CCC(C)C(C)n1nnnc1-c1ccc(N)cc1Cl. The minimum atomic E-state index is 0.212. The van der Waals surface area contributed by atoms with E-state index in [9.17, 15) is 0 Å². The Kier molecular flexibility index (Phi) is 4.04. The first-order valence-corrected chi connectivity index (χ1v) is 6.75. The van der Waals surface area contributed by atoms with E-state index in [0.29, 0.717) is 22.5 Å². The molecule has 0 amide bonds. The molecule has 2 N–H and O–H groups in total. The molecule has 19 heavy (non-hydrogen) atoms. The molecule has 0 saturated heterocycles. The van der Waals surface area contributed by atoms with Gasteiger partial charge in [-0.2, -0.15) is 0 Å². The molecule has 2 unspecified atom stereocenters. The highest BCUT2D eigenvalue weighted by Crippen LogP contribution is 2.30. The molecule has 1 heterocycles. The maximum Gasteiger partial charge on any atom is 0.183 e. The molecule has 0 aliphatic rings. The average Bonchev–Trinajstić information content (AvgIpc) is 2.86. The number of halogens is 1. The van der Waals surface area contributed by atoms with Gasteiger partial charge in [-0.05, 0) is 41.5 Å². The van der Waals surface area contributed by atoms with Crippen molar-refractivity contribution in [2.24, 2.45) is 5.92 Å². The molecule has 0 saturated carbocycles. The van der Waals surface area contributed by atoms with Gasteiger partial charge in [-0.15, -0.1) is 5.10 Å². The predicted molar refractivity (Wildman–Crippen MR) is 76.8 cm³/mol. The summed E-state index contributed by atoms with van der Waals surface area (Å²) < 4.78 is 1.82. The second-order valence-corrected chi connectivity index (χ2v) is 5.22. The lowest BCUT2D eigenvalue weighted by Crippen LogP contribution is -2.16. The zero-order valence-electron chi connectivity index (χ0n) is 11.3. The highest BCUT2D eigenvalue weighted by molar-refractivity contribution is 6.33. The number of benzene rings is 1. The third-order valence-electron chi connectivity index (χ3n) is 3.58. The number of tetrazole rings is 1. The molecule has 1 aromatic carbocycles. The van der Waals surface area contributed by atoms with Crippen LogP contribution < -0.4 is 5.73 Å². The first-order chi connectivity index (χ1) is 9.04. The minimum absolute atomic E-state index is 0.212. The van der Waals surface area contributed by atoms with Gasteiger partial charge in [-0.3, -0.25) is 0 Å². The van der Waals surface area contributed by atoms with E-state index < -0.39 is 0 Å². The monoisotopic (exact) mass is 279 g/mol. The largest absolute Gasteiger partial charge is 0.399 e. The average molecular weight is 280 g/mol. The number of anilines is 1. The summed E-state index contributed by atoms with van der Waals surface area (Å²) >= 11 is 6.22. The first kappa shape index (κ1) is 13.8. The number of nitrogens with zero attached hydrogens (tertiary/aromatic N) is 4. The summed E-state index contributed by atoms with van der Waals surface area (Å²) in [4.78, 5) is 0. The van der Waals surface area contributed by atoms with Gasteiger partial charge < -0.3 is 5.73 Å². The fraction of sp³-hybridized carbons (Fsp3) is 0.462. The Balaban J connectivity index is 2.44. The molecule has 2 rings (SSSR count). The first-order valence-electron chi connectivity index (χ1n) is 6.37. The number of rotatable bonds is 4. The van der Waals surface area contributed by atoms with Crippen molar-refractivity contribution in [3.05, 3.63) is 23.2 Å². The van der Waals surface area contributed by atoms with E-state index in [1.165, 1.54) is 0 Å². The van der Waals surface area contributed by atoms with Crippen LogP contribution in [0.25, 0.3) is 11.4 Å². The number of aromatic nitrogens is 4. The van der Waals surface area contributed by atoms with Crippen molar-refractivity contribution >= 4 is 17.3 Å². The zero-order valence-corrected chi connectivity index (χ0v) is 12.1. The Hall–Kier alpha value is -1.62. The second kappa shape index (κ2) is 5.57. The quantitative estimate of drug-likeness (QED) is 0.873. The molecule has 102 valence electrons. The van der Waals surface area contributed by atoms with Crippen molar-refractivity contribution < 1.29 is 0 Å². The van der Waals surface area contributed by atoms with Crippen molar-refractivity contribution in [1.29, 1.82) is 0 Å². The summed E-state index contributed by atoms with van der Waals surface area (Å²) in [6.45, 7) is 6.45. The Bertz CT molecular complexity index is 566. The minimum Gasteiger partial charge on any atom is -0.399 e. The molecule has 2 aromatic rings. The van der Waals surface area contributed by atoms with Crippen LogP contribution in [0, 0.1) is 5.92 Å². The van der Waals surface area contributed by atoms with Crippen LogP contribution in [0.3, 0.4) is 0 Å².